The maximum absolute atomic E-state index is 5.24. The summed E-state index contributed by atoms with van der Waals surface area (Å²) in [6.07, 6.45) is 5.70. The lowest BCUT2D eigenvalue weighted by Crippen LogP contribution is -2.13. The van der Waals surface area contributed by atoms with Crippen molar-refractivity contribution >= 4 is 0 Å². The van der Waals surface area contributed by atoms with Crippen LogP contribution < -0.4 is 5.73 Å². The molecule has 4 nitrogen and oxygen atoms in total. The van der Waals surface area contributed by atoms with E-state index in [1.807, 2.05) is 0 Å². The van der Waals surface area contributed by atoms with Gasteiger partial charge in [-0.1, -0.05) is 0 Å². The highest BCUT2D eigenvalue weighted by molar-refractivity contribution is 4.82. The van der Waals surface area contributed by atoms with Gasteiger partial charge < -0.3 is 19.9 Å². The summed E-state index contributed by atoms with van der Waals surface area (Å²) < 4.78 is 15.5. The van der Waals surface area contributed by atoms with Crippen LogP contribution >= 0.6 is 0 Å². The molecule has 0 aromatic carbocycles. The van der Waals surface area contributed by atoms with E-state index in [0.717, 1.165) is 0 Å². The van der Waals surface area contributed by atoms with Gasteiger partial charge in [0.25, 0.3) is 0 Å². The summed E-state index contributed by atoms with van der Waals surface area (Å²) in [6, 6.07) is 0. The summed E-state index contributed by atoms with van der Waals surface area (Å²) in [6.45, 7) is 4.07. The van der Waals surface area contributed by atoms with Crippen molar-refractivity contribution in [2.45, 2.75) is 6.42 Å². The van der Waals surface area contributed by atoms with Gasteiger partial charge in [0.1, 0.15) is 0 Å². The van der Waals surface area contributed by atoms with Crippen molar-refractivity contribution in [2.75, 3.05) is 46.2 Å². The topological polar surface area (TPSA) is 53.7 Å². The smallest absolute Gasteiger partial charge is 0.0701 e. The molecule has 14 heavy (non-hydrogen) atoms. The molecule has 4 heteroatoms. The third-order valence-electron chi connectivity index (χ3n) is 1.40. The zero-order valence-electron chi connectivity index (χ0n) is 8.54. The highest BCUT2D eigenvalue weighted by Gasteiger charge is 1.89. The molecule has 0 saturated heterocycles. The normalized spacial score (nSPS) is 10.0. The highest BCUT2D eigenvalue weighted by Crippen LogP contribution is 1.82. The van der Waals surface area contributed by atoms with E-state index >= 15 is 0 Å². The molecule has 0 spiro atoms. The molecule has 0 aliphatic carbocycles. The Balaban J connectivity index is 2.82. The number of hydrogen-bond donors (Lipinski definition) is 1. The van der Waals surface area contributed by atoms with Gasteiger partial charge >= 0.3 is 0 Å². The van der Waals surface area contributed by atoms with E-state index in [0.29, 0.717) is 52.6 Å². The molecule has 0 bridgehead atoms. The first kappa shape index (κ1) is 13.4. The van der Waals surface area contributed by atoms with Crippen molar-refractivity contribution in [1.82, 2.24) is 0 Å². The van der Waals surface area contributed by atoms with Crippen molar-refractivity contribution < 1.29 is 14.2 Å². The number of hydrogen-bond acceptors (Lipinski definition) is 4. The second kappa shape index (κ2) is 12.4. The molecule has 0 aliphatic heterocycles. The van der Waals surface area contributed by atoms with E-state index in [-0.39, 0.29) is 0 Å². The first-order valence-electron chi connectivity index (χ1n) is 4.78. The zero-order chi connectivity index (χ0) is 10.5. The van der Waals surface area contributed by atoms with E-state index in [1.165, 1.54) is 0 Å². The van der Waals surface area contributed by atoms with Gasteiger partial charge in [-0.15, -0.1) is 12.3 Å². The van der Waals surface area contributed by atoms with Crippen molar-refractivity contribution in [2.24, 2.45) is 5.73 Å². The largest absolute Gasteiger partial charge is 0.378 e. The molecule has 0 saturated carbocycles. The first-order valence-corrected chi connectivity index (χ1v) is 4.78. The maximum Gasteiger partial charge on any atom is 0.0701 e. The molecular formula is C10H19NO3. The van der Waals surface area contributed by atoms with Crippen LogP contribution in [0.4, 0.5) is 0 Å². The summed E-state index contributed by atoms with van der Waals surface area (Å²) in [5, 5.41) is 0. The van der Waals surface area contributed by atoms with Gasteiger partial charge in [-0.05, 0) is 0 Å². The molecule has 0 amide bonds. The van der Waals surface area contributed by atoms with Crippen LogP contribution in [0, 0.1) is 12.3 Å². The Kier molecular flexibility index (Phi) is 11.9. The van der Waals surface area contributed by atoms with Gasteiger partial charge in [-0.3, -0.25) is 0 Å². The molecular weight excluding hydrogens is 182 g/mol. The van der Waals surface area contributed by atoms with Crippen molar-refractivity contribution in [1.29, 1.82) is 0 Å². The molecule has 0 atom stereocenters. The fourth-order valence-corrected chi connectivity index (χ4v) is 0.756. The lowest BCUT2D eigenvalue weighted by Gasteiger charge is -2.05. The van der Waals surface area contributed by atoms with Gasteiger partial charge in [0, 0.05) is 13.0 Å². The molecule has 0 aromatic rings. The fraction of sp³-hybridized carbons (Fsp3) is 0.800. The Morgan fingerprint density at radius 3 is 1.86 bits per heavy atom. The van der Waals surface area contributed by atoms with Crippen molar-refractivity contribution in [3.63, 3.8) is 0 Å². The van der Waals surface area contributed by atoms with Gasteiger partial charge in [-0.2, -0.15) is 0 Å². The summed E-state index contributed by atoms with van der Waals surface area (Å²) in [5.41, 5.74) is 5.24. The van der Waals surface area contributed by atoms with E-state index in [1.54, 1.807) is 0 Å². The second-order valence-electron chi connectivity index (χ2n) is 2.58. The lowest BCUT2D eigenvalue weighted by molar-refractivity contribution is 0.0171. The van der Waals surface area contributed by atoms with Crippen LogP contribution in [-0.2, 0) is 14.2 Å². The molecule has 82 valence electrons. The summed E-state index contributed by atoms with van der Waals surface area (Å²) in [5.74, 6) is 2.50. The van der Waals surface area contributed by atoms with Crippen LogP contribution in [0.3, 0.4) is 0 Å². The summed E-state index contributed by atoms with van der Waals surface area (Å²) in [4.78, 5) is 0. The van der Waals surface area contributed by atoms with Crippen molar-refractivity contribution in [3.8, 4) is 12.3 Å². The minimum Gasteiger partial charge on any atom is -0.378 e. The van der Waals surface area contributed by atoms with Crippen LogP contribution in [0.2, 0.25) is 0 Å². The number of ether oxygens (including phenoxy) is 3. The van der Waals surface area contributed by atoms with E-state index < -0.39 is 0 Å². The maximum atomic E-state index is 5.24. The number of terminal acetylenes is 1. The van der Waals surface area contributed by atoms with Gasteiger partial charge in [0.15, 0.2) is 0 Å². The van der Waals surface area contributed by atoms with Gasteiger partial charge in [0.05, 0.1) is 39.6 Å². The van der Waals surface area contributed by atoms with Crippen LogP contribution in [0.25, 0.3) is 0 Å². The zero-order valence-corrected chi connectivity index (χ0v) is 8.54. The molecule has 0 rings (SSSR count). The summed E-state index contributed by atoms with van der Waals surface area (Å²) >= 11 is 0. The highest BCUT2D eigenvalue weighted by atomic mass is 16.5. The number of rotatable bonds is 10. The molecule has 0 fully saturated rings. The van der Waals surface area contributed by atoms with E-state index in [4.69, 9.17) is 26.4 Å². The standard InChI is InChI=1S/C10H19NO3/c1-2-3-5-12-7-9-14-10-8-13-6-4-11/h1H,3-11H2. The minimum absolute atomic E-state index is 0.551. The molecule has 0 unspecified atom stereocenters. The lowest BCUT2D eigenvalue weighted by atomic mass is 10.5. The Morgan fingerprint density at radius 2 is 1.36 bits per heavy atom. The van der Waals surface area contributed by atoms with Crippen molar-refractivity contribution in [3.05, 3.63) is 0 Å². The second-order valence-corrected chi connectivity index (χ2v) is 2.58. The Labute approximate surface area is 85.7 Å². The van der Waals surface area contributed by atoms with Crippen LogP contribution in [0.5, 0.6) is 0 Å². The molecule has 0 aliphatic rings. The minimum atomic E-state index is 0.551. The van der Waals surface area contributed by atoms with Crippen LogP contribution in [0.15, 0.2) is 0 Å². The first-order chi connectivity index (χ1) is 6.91. The number of nitrogens with two attached hydrogens (primary N) is 1. The third-order valence-corrected chi connectivity index (χ3v) is 1.40. The molecule has 0 aromatic heterocycles. The van der Waals surface area contributed by atoms with Gasteiger partial charge in [-0.25, -0.2) is 0 Å². The van der Waals surface area contributed by atoms with Crippen LogP contribution in [-0.4, -0.2) is 46.2 Å². The van der Waals surface area contributed by atoms with Gasteiger partial charge in [0.2, 0.25) is 0 Å². The third kappa shape index (κ3) is 11.4. The molecule has 0 heterocycles. The average molecular weight is 201 g/mol. The SMILES string of the molecule is C#CCCOCCOCCOCCN. The average Bonchev–Trinajstić information content (AvgIpc) is 2.21. The monoisotopic (exact) mass is 201 g/mol. The fourth-order valence-electron chi connectivity index (χ4n) is 0.756. The quantitative estimate of drug-likeness (QED) is 0.400. The Hall–Kier alpha value is -0.600. The Bertz CT molecular complexity index is 145. The Morgan fingerprint density at radius 1 is 0.857 bits per heavy atom. The predicted octanol–water partition coefficient (Wildman–Crippen LogP) is 0.0182. The predicted molar refractivity (Wildman–Crippen MR) is 55.0 cm³/mol. The summed E-state index contributed by atoms with van der Waals surface area (Å²) in [7, 11) is 0. The molecule has 0 radical (unpaired) electrons. The van der Waals surface area contributed by atoms with E-state index in [2.05, 4.69) is 5.92 Å². The molecule has 2 N–H and O–H groups in total. The van der Waals surface area contributed by atoms with Crippen LogP contribution in [0.1, 0.15) is 6.42 Å². The van der Waals surface area contributed by atoms with E-state index in [9.17, 15) is 0 Å².